The summed E-state index contributed by atoms with van der Waals surface area (Å²) in [6.45, 7) is 6.67. The van der Waals surface area contributed by atoms with Crippen LogP contribution in [0.3, 0.4) is 0 Å². The van der Waals surface area contributed by atoms with Gasteiger partial charge < -0.3 is 5.21 Å². The molecule has 3 aromatic rings. The van der Waals surface area contributed by atoms with E-state index in [1.54, 1.807) is 10.6 Å². The maximum absolute atomic E-state index is 12.8. The SMILES string of the molecule is CCCn1c(=O)c2c(cc(-c3ccccc3C)n2O)n(CCC)c1=O. The zero-order chi connectivity index (χ0) is 18.1. The van der Waals surface area contributed by atoms with Crippen molar-refractivity contribution in [2.45, 2.75) is 46.7 Å². The largest absolute Gasteiger partial charge is 0.428 e. The molecule has 0 aliphatic carbocycles. The summed E-state index contributed by atoms with van der Waals surface area (Å²) in [7, 11) is 0. The predicted molar refractivity (Wildman–Crippen MR) is 98.4 cm³/mol. The third kappa shape index (κ3) is 2.67. The molecule has 0 amide bonds. The van der Waals surface area contributed by atoms with Crippen LogP contribution in [-0.4, -0.2) is 19.1 Å². The molecule has 0 aliphatic heterocycles. The van der Waals surface area contributed by atoms with E-state index in [1.807, 2.05) is 45.0 Å². The van der Waals surface area contributed by atoms with Crippen molar-refractivity contribution in [2.75, 3.05) is 0 Å². The summed E-state index contributed by atoms with van der Waals surface area (Å²) in [6, 6.07) is 9.37. The highest BCUT2D eigenvalue weighted by molar-refractivity contribution is 5.84. The molecule has 25 heavy (non-hydrogen) atoms. The molecule has 1 N–H and O–H groups in total. The lowest BCUT2D eigenvalue weighted by Crippen LogP contribution is -2.40. The fraction of sp³-hybridized carbons (Fsp3) is 0.368. The Morgan fingerprint density at radius 1 is 1.00 bits per heavy atom. The van der Waals surface area contributed by atoms with Crippen molar-refractivity contribution in [3.63, 3.8) is 0 Å². The maximum Gasteiger partial charge on any atom is 0.331 e. The average Bonchev–Trinajstić information content (AvgIpc) is 2.93. The van der Waals surface area contributed by atoms with Crippen LogP contribution in [0.25, 0.3) is 22.3 Å². The van der Waals surface area contributed by atoms with Gasteiger partial charge in [0.05, 0.1) is 11.2 Å². The first-order valence-corrected chi connectivity index (χ1v) is 8.65. The Labute approximate surface area is 145 Å². The van der Waals surface area contributed by atoms with Gasteiger partial charge in [-0.25, -0.2) is 4.79 Å². The van der Waals surface area contributed by atoms with Crippen molar-refractivity contribution in [2.24, 2.45) is 0 Å². The Balaban J connectivity index is 2.43. The van der Waals surface area contributed by atoms with E-state index in [1.165, 1.54) is 4.57 Å². The molecule has 2 aromatic heterocycles. The molecule has 0 aliphatic rings. The number of aromatic nitrogens is 3. The smallest absolute Gasteiger partial charge is 0.331 e. The van der Waals surface area contributed by atoms with Crippen LogP contribution < -0.4 is 11.2 Å². The van der Waals surface area contributed by atoms with Gasteiger partial charge in [-0.15, -0.1) is 0 Å². The van der Waals surface area contributed by atoms with Crippen LogP contribution in [0.15, 0.2) is 39.9 Å². The van der Waals surface area contributed by atoms with Crippen LogP contribution >= 0.6 is 0 Å². The van der Waals surface area contributed by atoms with Gasteiger partial charge in [0.25, 0.3) is 5.56 Å². The Morgan fingerprint density at radius 3 is 2.28 bits per heavy atom. The summed E-state index contributed by atoms with van der Waals surface area (Å²) in [4.78, 5) is 25.6. The van der Waals surface area contributed by atoms with Crippen molar-refractivity contribution in [1.82, 2.24) is 13.9 Å². The summed E-state index contributed by atoms with van der Waals surface area (Å²) >= 11 is 0. The fourth-order valence-electron chi connectivity index (χ4n) is 3.27. The van der Waals surface area contributed by atoms with Crippen molar-refractivity contribution >= 4 is 11.0 Å². The monoisotopic (exact) mass is 341 g/mol. The second-order valence-corrected chi connectivity index (χ2v) is 6.28. The van der Waals surface area contributed by atoms with Gasteiger partial charge in [-0.1, -0.05) is 38.1 Å². The van der Waals surface area contributed by atoms with Crippen molar-refractivity contribution < 1.29 is 5.21 Å². The molecule has 0 unspecified atom stereocenters. The molecule has 0 radical (unpaired) electrons. The lowest BCUT2D eigenvalue weighted by atomic mass is 10.1. The molecule has 6 nitrogen and oxygen atoms in total. The summed E-state index contributed by atoms with van der Waals surface area (Å²) < 4.78 is 3.73. The lowest BCUT2D eigenvalue weighted by Gasteiger charge is -2.11. The molecule has 1 aromatic carbocycles. The first kappa shape index (κ1) is 17.1. The highest BCUT2D eigenvalue weighted by Crippen LogP contribution is 2.27. The number of aryl methyl sites for hydroxylation is 2. The Bertz CT molecular complexity index is 1040. The molecule has 2 heterocycles. The van der Waals surface area contributed by atoms with Gasteiger partial charge in [0.1, 0.15) is 0 Å². The van der Waals surface area contributed by atoms with E-state index in [-0.39, 0.29) is 11.2 Å². The number of fused-ring (bicyclic) bond motifs is 1. The zero-order valence-electron chi connectivity index (χ0n) is 14.8. The van der Waals surface area contributed by atoms with E-state index in [2.05, 4.69) is 0 Å². The van der Waals surface area contributed by atoms with E-state index >= 15 is 0 Å². The van der Waals surface area contributed by atoms with E-state index in [9.17, 15) is 14.8 Å². The molecule has 0 saturated carbocycles. The number of benzene rings is 1. The van der Waals surface area contributed by atoms with Crippen LogP contribution in [0.4, 0.5) is 0 Å². The average molecular weight is 341 g/mol. The van der Waals surface area contributed by atoms with Gasteiger partial charge in [-0.05, 0) is 31.4 Å². The molecular weight excluding hydrogens is 318 g/mol. The summed E-state index contributed by atoms with van der Waals surface area (Å²) in [6.07, 6.45) is 1.43. The zero-order valence-corrected chi connectivity index (χ0v) is 14.8. The molecule has 0 fully saturated rings. The minimum Gasteiger partial charge on any atom is -0.428 e. The maximum atomic E-state index is 12.8. The molecule has 0 saturated heterocycles. The lowest BCUT2D eigenvalue weighted by molar-refractivity contribution is 0.203. The second kappa shape index (κ2) is 6.63. The molecular formula is C19H23N3O3. The van der Waals surface area contributed by atoms with Gasteiger partial charge in [-0.2, -0.15) is 4.73 Å². The van der Waals surface area contributed by atoms with Crippen molar-refractivity contribution in [3.05, 3.63) is 56.7 Å². The standard InChI is InChI=1S/C19H23N3O3/c1-4-10-20-16-12-15(14-9-7-6-8-13(14)3)22(25)17(16)18(23)21(11-5-2)19(20)24/h6-9,12,25H,4-5,10-11H2,1-3H3. The molecule has 3 rings (SSSR count). The minimum absolute atomic E-state index is 0.153. The number of nitrogens with zero attached hydrogens (tertiary/aromatic N) is 3. The Morgan fingerprint density at radius 2 is 1.64 bits per heavy atom. The topological polar surface area (TPSA) is 69.2 Å². The third-order valence-electron chi connectivity index (χ3n) is 4.47. The first-order valence-electron chi connectivity index (χ1n) is 8.65. The number of rotatable bonds is 5. The molecule has 0 bridgehead atoms. The van der Waals surface area contributed by atoms with E-state index in [0.717, 1.165) is 22.3 Å². The van der Waals surface area contributed by atoms with Crippen molar-refractivity contribution in [1.29, 1.82) is 0 Å². The van der Waals surface area contributed by atoms with Crippen LogP contribution in [0, 0.1) is 6.92 Å². The predicted octanol–water partition coefficient (Wildman–Crippen LogP) is 3.00. The van der Waals surface area contributed by atoms with E-state index < -0.39 is 5.56 Å². The summed E-state index contributed by atoms with van der Waals surface area (Å²) in [5.41, 5.74) is 2.20. The van der Waals surface area contributed by atoms with Crippen LogP contribution in [0.1, 0.15) is 32.3 Å². The van der Waals surface area contributed by atoms with Gasteiger partial charge in [-0.3, -0.25) is 13.9 Å². The Hall–Kier alpha value is -2.76. The first-order chi connectivity index (χ1) is 12.0. The molecule has 6 heteroatoms. The highest BCUT2D eigenvalue weighted by Gasteiger charge is 2.20. The van der Waals surface area contributed by atoms with Crippen molar-refractivity contribution in [3.8, 4) is 11.3 Å². The van der Waals surface area contributed by atoms with Gasteiger partial charge in [0, 0.05) is 18.7 Å². The Kier molecular flexibility index (Phi) is 4.53. The fourth-order valence-corrected chi connectivity index (χ4v) is 3.27. The molecule has 0 spiro atoms. The molecule has 132 valence electrons. The van der Waals surface area contributed by atoms with Crippen LogP contribution in [0.5, 0.6) is 0 Å². The van der Waals surface area contributed by atoms with Gasteiger partial charge in [0.2, 0.25) is 0 Å². The van der Waals surface area contributed by atoms with Gasteiger partial charge in [0.15, 0.2) is 5.52 Å². The number of hydrogen-bond acceptors (Lipinski definition) is 3. The quantitative estimate of drug-likeness (QED) is 0.725. The van der Waals surface area contributed by atoms with E-state index in [0.29, 0.717) is 30.7 Å². The van der Waals surface area contributed by atoms with Crippen LogP contribution in [-0.2, 0) is 13.1 Å². The summed E-state index contributed by atoms with van der Waals surface area (Å²) in [5.74, 6) is 0. The van der Waals surface area contributed by atoms with Crippen LogP contribution in [0.2, 0.25) is 0 Å². The normalized spacial score (nSPS) is 11.3. The summed E-state index contributed by atoms with van der Waals surface area (Å²) in [5, 5.41) is 10.7. The molecule has 0 atom stereocenters. The third-order valence-corrected chi connectivity index (χ3v) is 4.47. The highest BCUT2D eigenvalue weighted by atomic mass is 16.5. The van der Waals surface area contributed by atoms with E-state index in [4.69, 9.17) is 0 Å². The second-order valence-electron chi connectivity index (χ2n) is 6.28. The number of hydrogen-bond donors (Lipinski definition) is 1. The van der Waals surface area contributed by atoms with Gasteiger partial charge >= 0.3 is 5.69 Å². The minimum atomic E-state index is -0.448.